The second kappa shape index (κ2) is 16.2. The fourth-order valence-electron chi connectivity index (χ4n) is 3.85. The molecule has 2 heterocycles. The van der Waals surface area contributed by atoms with Crippen LogP contribution in [0.15, 0.2) is 98.1 Å². The molecule has 0 bridgehead atoms. The summed E-state index contributed by atoms with van der Waals surface area (Å²) >= 11 is 0. The Balaban J connectivity index is 0.00000353. The SMILES string of the molecule is CCOC1=NN(c2ccc(S(=O)(=O)[O-])cc2)C(=O)C1=CC=CC=Cc1c(OCC)[nH]n(-c2ccc(S(=O)(=O)[O-])cc2)c1=O.[Na+].[Na+]. The summed E-state index contributed by atoms with van der Waals surface area (Å²) in [5.74, 6) is -0.374. The maximum Gasteiger partial charge on any atom is 1.00 e. The summed E-state index contributed by atoms with van der Waals surface area (Å²) in [6.45, 7) is 3.88. The molecule has 0 saturated heterocycles. The van der Waals surface area contributed by atoms with Gasteiger partial charge in [0, 0.05) is 0 Å². The number of allylic oxidation sites excluding steroid dienone is 4. The fourth-order valence-corrected chi connectivity index (χ4v) is 4.79. The standard InChI is InChI=1S/C27H26N4O10S2.2Na/c1-3-40-24-22(26(32)30(28-24)18-10-14-20(15-11-18)42(34,35)36)8-6-5-7-9-23-25(41-4-2)29-31(27(23)33)19-12-16-21(17-13-19)43(37,38)39;;/h5-17,28H,3-4H2,1-2H3,(H,34,35,36)(H,37,38,39);;/q;2*+1/p-2. The third kappa shape index (κ3) is 9.16. The van der Waals surface area contributed by atoms with Crippen molar-refractivity contribution < 1.29 is 99.3 Å². The number of hydrogen-bond acceptors (Lipinski definition) is 11. The number of rotatable bonds is 10. The Hall–Kier alpha value is -2.77. The molecular formula is C27H24N4Na2O10S2. The molecule has 0 fully saturated rings. The molecule has 3 aromatic rings. The first kappa shape index (κ1) is 38.4. The van der Waals surface area contributed by atoms with Gasteiger partial charge in [0.15, 0.2) is 0 Å². The summed E-state index contributed by atoms with van der Waals surface area (Å²) in [6, 6.07) is 9.49. The van der Waals surface area contributed by atoms with Crippen LogP contribution in [0.25, 0.3) is 11.8 Å². The van der Waals surface area contributed by atoms with E-state index in [1.54, 1.807) is 19.9 Å². The summed E-state index contributed by atoms with van der Waals surface area (Å²) in [6.07, 6.45) is 7.50. The molecule has 14 nitrogen and oxygen atoms in total. The number of nitrogens with zero attached hydrogens (tertiary/aromatic N) is 3. The molecule has 0 saturated carbocycles. The van der Waals surface area contributed by atoms with Gasteiger partial charge < -0.3 is 18.6 Å². The van der Waals surface area contributed by atoms with Crippen LogP contribution in [-0.2, 0) is 29.8 Å². The molecule has 1 aliphatic heterocycles. The molecule has 2 aromatic carbocycles. The van der Waals surface area contributed by atoms with Gasteiger partial charge in [0.2, 0.25) is 11.8 Å². The summed E-state index contributed by atoms with van der Waals surface area (Å²) in [7, 11) is -9.30. The van der Waals surface area contributed by atoms with Crippen LogP contribution in [0.1, 0.15) is 19.4 Å². The number of nitrogens with one attached hydrogen (secondary N) is 1. The Morgan fingerprint density at radius 2 is 1.33 bits per heavy atom. The summed E-state index contributed by atoms with van der Waals surface area (Å²) < 4.78 is 79.3. The number of benzene rings is 2. The van der Waals surface area contributed by atoms with Crippen LogP contribution in [0, 0.1) is 0 Å². The average molecular weight is 675 g/mol. The molecule has 4 rings (SSSR count). The van der Waals surface area contributed by atoms with E-state index >= 15 is 0 Å². The van der Waals surface area contributed by atoms with Crippen molar-refractivity contribution in [3.63, 3.8) is 0 Å². The molecule has 1 N–H and O–H groups in total. The number of ether oxygens (including phenoxy) is 2. The Morgan fingerprint density at radius 3 is 1.84 bits per heavy atom. The average Bonchev–Trinajstić information content (AvgIpc) is 3.43. The van der Waals surface area contributed by atoms with Gasteiger partial charge in [0.1, 0.15) is 31.4 Å². The fraction of sp³-hybridized carbons (Fsp3) is 0.148. The number of amides is 1. The maximum atomic E-state index is 13.1. The van der Waals surface area contributed by atoms with E-state index in [1.165, 1.54) is 48.6 Å². The van der Waals surface area contributed by atoms with Crippen LogP contribution in [0.4, 0.5) is 5.69 Å². The summed E-state index contributed by atoms with van der Waals surface area (Å²) in [5.41, 5.74) is 0.248. The van der Waals surface area contributed by atoms with Crippen LogP contribution in [0.2, 0.25) is 0 Å². The molecule has 0 spiro atoms. The van der Waals surface area contributed by atoms with Crippen molar-refractivity contribution in [2.45, 2.75) is 23.6 Å². The number of carbonyl (C=O) groups excluding carboxylic acids is 1. The van der Waals surface area contributed by atoms with Gasteiger partial charge in [0.25, 0.3) is 11.5 Å². The minimum Gasteiger partial charge on any atom is -0.744 e. The van der Waals surface area contributed by atoms with Crippen molar-refractivity contribution in [1.82, 2.24) is 9.78 Å². The van der Waals surface area contributed by atoms with Crippen molar-refractivity contribution in [3.05, 3.63) is 94.3 Å². The minimum absolute atomic E-state index is 0. The normalized spacial score (nSPS) is 14.5. The molecule has 0 radical (unpaired) electrons. The molecular weight excluding hydrogens is 650 g/mol. The molecule has 0 unspecified atom stereocenters. The van der Waals surface area contributed by atoms with Gasteiger partial charge >= 0.3 is 59.1 Å². The van der Waals surface area contributed by atoms with Gasteiger partial charge in [-0.15, -0.1) is 5.10 Å². The molecule has 45 heavy (non-hydrogen) atoms. The van der Waals surface area contributed by atoms with E-state index in [9.17, 15) is 35.5 Å². The third-order valence-electron chi connectivity index (χ3n) is 5.81. The maximum absolute atomic E-state index is 13.1. The number of hydrogen-bond donors (Lipinski definition) is 1. The Morgan fingerprint density at radius 1 is 0.800 bits per heavy atom. The third-order valence-corrected chi connectivity index (χ3v) is 7.51. The van der Waals surface area contributed by atoms with Crippen LogP contribution < -0.4 is 74.4 Å². The molecule has 18 heteroatoms. The van der Waals surface area contributed by atoms with E-state index in [1.807, 2.05) is 0 Å². The van der Waals surface area contributed by atoms with E-state index in [0.717, 1.165) is 34.0 Å². The predicted octanol–water partition coefficient (Wildman–Crippen LogP) is -3.73. The molecule has 226 valence electrons. The zero-order valence-electron chi connectivity index (χ0n) is 24.7. The van der Waals surface area contributed by atoms with Crippen molar-refractivity contribution in [2.24, 2.45) is 5.10 Å². The van der Waals surface area contributed by atoms with Crippen LogP contribution >= 0.6 is 0 Å². The van der Waals surface area contributed by atoms with Crippen LogP contribution in [0.5, 0.6) is 5.88 Å². The smallest absolute Gasteiger partial charge is 0.744 e. The number of hydrazone groups is 1. The van der Waals surface area contributed by atoms with Crippen LogP contribution in [-0.4, -0.2) is 60.7 Å². The predicted molar refractivity (Wildman–Crippen MR) is 153 cm³/mol. The first-order chi connectivity index (χ1) is 20.3. The van der Waals surface area contributed by atoms with Crippen molar-refractivity contribution in [3.8, 4) is 11.6 Å². The second-order valence-electron chi connectivity index (χ2n) is 8.60. The van der Waals surface area contributed by atoms with Gasteiger partial charge in [-0.3, -0.25) is 14.7 Å². The summed E-state index contributed by atoms with van der Waals surface area (Å²) in [4.78, 5) is 25.2. The Bertz CT molecular complexity index is 1930. The number of H-pyrrole nitrogens is 1. The van der Waals surface area contributed by atoms with Gasteiger partial charge in [0.05, 0.1) is 34.4 Å². The molecule has 1 aromatic heterocycles. The second-order valence-corrected chi connectivity index (χ2v) is 11.4. The molecule has 1 aliphatic rings. The van der Waals surface area contributed by atoms with Crippen molar-refractivity contribution in [2.75, 3.05) is 18.2 Å². The number of anilines is 1. The van der Waals surface area contributed by atoms with E-state index in [4.69, 9.17) is 9.47 Å². The molecule has 0 aliphatic carbocycles. The first-order valence-corrected chi connectivity index (χ1v) is 15.4. The zero-order chi connectivity index (χ0) is 31.4. The van der Waals surface area contributed by atoms with E-state index in [-0.39, 0.29) is 107 Å². The van der Waals surface area contributed by atoms with Gasteiger partial charge in [-0.05, 0) is 74.5 Å². The van der Waals surface area contributed by atoms with E-state index in [0.29, 0.717) is 0 Å². The Labute approximate surface area is 303 Å². The summed E-state index contributed by atoms with van der Waals surface area (Å²) in [5, 5.41) is 7.97. The Kier molecular flexibility index (Phi) is 13.8. The van der Waals surface area contributed by atoms with Gasteiger partial charge in [-0.1, -0.05) is 18.2 Å². The first-order valence-electron chi connectivity index (χ1n) is 12.6. The van der Waals surface area contributed by atoms with Crippen molar-refractivity contribution in [1.29, 1.82) is 0 Å². The molecule has 1 amide bonds. The number of aromatic nitrogens is 2. The van der Waals surface area contributed by atoms with Gasteiger partial charge in [-0.2, -0.15) is 5.01 Å². The zero-order valence-corrected chi connectivity index (χ0v) is 30.3. The monoisotopic (exact) mass is 674 g/mol. The largest absolute Gasteiger partial charge is 1.00 e. The van der Waals surface area contributed by atoms with Crippen molar-refractivity contribution >= 4 is 43.8 Å². The number of aromatic amines is 1. The topological polar surface area (TPSA) is 203 Å². The molecule has 0 atom stereocenters. The van der Waals surface area contributed by atoms with Crippen LogP contribution in [0.3, 0.4) is 0 Å². The van der Waals surface area contributed by atoms with E-state index < -0.39 is 41.5 Å². The minimum atomic E-state index is -4.65. The number of carbonyl (C=O) groups is 1. The quantitative estimate of drug-likeness (QED) is 0.0964. The van der Waals surface area contributed by atoms with Gasteiger partial charge in [-0.25, -0.2) is 21.5 Å². The van der Waals surface area contributed by atoms with E-state index in [2.05, 4.69) is 10.2 Å².